The van der Waals surface area contributed by atoms with Crippen LogP contribution in [0.3, 0.4) is 0 Å². The Labute approximate surface area is 110 Å². The average Bonchev–Trinajstić information content (AvgIpc) is 2.39. The van der Waals surface area contributed by atoms with Crippen LogP contribution in [0.5, 0.6) is 0 Å². The number of nitrogens with one attached hydrogen (secondary N) is 1. The van der Waals surface area contributed by atoms with E-state index in [0.717, 1.165) is 21.8 Å². The number of carbonyl (C=O) groups is 1. The van der Waals surface area contributed by atoms with Gasteiger partial charge in [0.2, 0.25) is 0 Å². The third-order valence-corrected chi connectivity index (χ3v) is 3.93. The fraction of sp³-hybridized carbons (Fsp3) is 0.0714. The average molecular weight is 256 g/mol. The Morgan fingerprint density at radius 2 is 1.78 bits per heavy atom. The maximum Gasteiger partial charge on any atom is 0.336 e. The van der Waals surface area contributed by atoms with Crippen LogP contribution in [0, 0.1) is 6.92 Å². The molecule has 3 nitrogen and oxygen atoms in total. The van der Waals surface area contributed by atoms with E-state index in [2.05, 4.69) is 5.32 Å². The second-order valence-electron chi connectivity index (χ2n) is 4.10. The van der Waals surface area contributed by atoms with Gasteiger partial charge in [0.1, 0.15) is 0 Å². The van der Waals surface area contributed by atoms with Gasteiger partial charge < -0.3 is 5.32 Å². The molecule has 1 aliphatic rings. The van der Waals surface area contributed by atoms with Crippen LogP contribution < -0.4 is 9.62 Å². The van der Waals surface area contributed by atoms with Crippen molar-refractivity contribution in [2.45, 2.75) is 11.8 Å². The molecule has 1 aliphatic heterocycles. The van der Waals surface area contributed by atoms with Gasteiger partial charge in [-0.3, -0.25) is 0 Å². The van der Waals surface area contributed by atoms with Crippen molar-refractivity contribution < 1.29 is 4.79 Å². The second-order valence-corrected chi connectivity index (χ2v) is 5.09. The van der Waals surface area contributed by atoms with Crippen LogP contribution in [-0.4, -0.2) is 6.03 Å². The van der Waals surface area contributed by atoms with Crippen molar-refractivity contribution >= 4 is 29.4 Å². The molecule has 0 spiro atoms. The molecule has 2 aromatic rings. The molecule has 0 bridgehead atoms. The molecular formula is C14H12N2OS. The zero-order valence-corrected chi connectivity index (χ0v) is 10.7. The van der Waals surface area contributed by atoms with E-state index in [9.17, 15) is 4.79 Å². The SMILES string of the molecule is Cc1ccccc1N1Sc2ccccc2NC1=O. The summed E-state index contributed by atoms with van der Waals surface area (Å²) in [5, 5.41) is 2.90. The molecule has 18 heavy (non-hydrogen) atoms. The minimum Gasteiger partial charge on any atom is -0.306 e. The van der Waals surface area contributed by atoms with Crippen LogP contribution in [0.25, 0.3) is 0 Å². The van der Waals surface area contributed by atoms with Crippen molar-refractivity contribution in [1.82, 2.24) is 0 Å². The summed E-state index contributed by atoms with van der Waals surface area (Å²) in [7, 11) is 0. The molecular weight excluding hydrogens is 244 g/mol. The molecule has 0 saturated carbocycles. The van der Waals surface area contributed by atoms with Crippen LogP contribution in [-0.2, 0) is 0 Å². The predicted molar refractivity (Wildman–Crippen MR) is 75.0 cm³/mol. The van der Waals surface area contributed by atoms with Gasteiger partial charge in [-0.2, -0.15) is 0 Å². The second kappa shape index (κ2) is 4.38. The quantitative estimate of drug-likeness (QED) is 0.780. The first-order valence-electron chi connectivity index (χ1n) is 5.69. The van der Waals surface area contributed by atoms with Crippen LogP contribution >= 0.6 is 11.9 Å². The van der Waals surface area contributed by atoms with Gasteiger partial charge in [0.05, 0.1) is 16.3 Å². The molecule has 4 heteroatoms. The van der Waals surface area contributed by atoms with Gasteiger partial charge >= 0.3 is 6.03 Å². The Morgan fingerprint density at radius 1 is 1.06 bits per heavy atom. The molecule has 3 rings (SSSR count). The molecule has 1 N–H and O–H groups in total. The summed E-state index contributed by atoms with van der Waals surface area (Å²) in [5.41, 5.74) is 2.88. The maximum absolute atomic E-state index is 12.1. The zero-order valence-electron chi connectivity index (χ0n) is 9.88. The van der Waals surface area contributed by atoms with Gasteiger partial charge in [0.25, 0.3) is 0 Å². The fourth-order valence-corrected chi connectivity index (χ4v) is 2.89. The zero-order chi connectivity index (χ0) is 12.5. The summed E-state index contributed by atoms with van der Waals surface area (Å²) in [6, 6.07) is 15.6. The van der Waals surface area contributed by atoms with Crippen molar-refractivity contribution in [3.63, 3.8) is 0 Å². The molecule has 0 aliphatic carbocycles. The molecule has 0 unspecified atom stereocenters. The van der Waals surface area contributed by atoms with Crippen molar-refractivity contribution in [3.8, 4) is 0 Å². The highest BCUT2D eigenvalue weighted by Gasteiger charge is 2.25. The van der Waals surface area contributed by atoms with Gasteiger partial charge in [0.15, 0.2) is 0 Å². The first kappa shape index (κ1) is 11.2. The van der Waals surface area contributed by atoms with E-state index in [4.69, 9.17) is 0 Å². The lowest BCUT2D eigenvalue weighted by atomic mass is 10.2. The number of aryl methyl sites for hydroxylation is 1. The van der Waals surface area contributed by atoms with E-state index in [1.807, 2.05) is 55.5 Å². The number of hydrogen-bond donors (Lipinski definition) is 1. The smallest absolute Gasteiger partial charge is 0.306 e. The van der Waals surface area contributed by atoms with Crippen LogP contribution in [0.2, 0.25) is 0 Å². The summed E-state index contributed by atoms with van der Waals surface area (Å²) in [5.74, 6) is 0. The molecule has 0 radical (unpaired) electrons. The van der Waals surface area contributed by atoms with E-state index in [-0.39, 0.29) is 6.03 Å². The maximum atomic E-state index is 12.1. The Kier molecular flexibility index (Phi) is 2.72. The molecule has 0 fully saturated rings. The Hall–Kier alpha value is -1.94. The van der Waals surface area contributed by atoms with Crippen molar-refractivity contribution in [2.24, 2.45) is 0 Å². The standard InChI is InChI=1S/C14H12N2OS/c1-10-6-2-4-8-12(10)16-14(17)15-11-7-3-5-9-13(11)18-16/h2-9H,1H3,(H,15,17). The highest BCUT2D eigenvalue weighted by Crippen LogP contribution is 2.38. The Bertz CT molecular complexity index is 612. The van der Waals surface area contributed by atoms with Crippen LogP contribution in [0.15, 0.2) is 53.4 Å². The molecule has 2 amide bonds. The molecule has 0 atom stereocenters. The number of rotatable bonds is 1. The first-order valence-corrected chi connectivity index (χ1v) is 6.47. The molecule has 1 heterocycles. The Balaban J connectivity index is 2.01. The lowest BCUT2D eigenvalue weighted by Gasteiger charge is -2.28. The van der Waals surface area contributed by atoms with Gasteiger partial charge in [-0.25, -0.2) is 9.10 Å². The lowest BCUT2D eigenvalue weighted by molar-refractivity contribution is 0.260. The van der Waals surface area contributed by atoms with Gasteiger partial charge in [0, 0.05) is 0 Å². The summed E-state index contributed by atoms with van der Waals surface area (Å²) >= 11 is 1.45. The van der Waals surface area contributed by atoms with E-state index in [0.29, 0.717) is 0 Å². The van der Waals surface area contributed by atoms with Crippen LogP contribution in [0.4, 0.5) is 16.2 Å². The fourth-order valence-electron chi connectivity index (χ4n) is 1.91. The minimum atomic E-state index is -0.104. The third-order valence-electron chi connectivity index (χ3n) is 2.84. The Morgan fingerprint density at radius 3 is 2.61 bits per heavy atom. The molecule has 0 aromatic heterocycles. The topological polar surface area (TPSA) is 32.3 Å². The molecule has 0 saturated heterocycles. The predicted octanol–water partition coefficient (Wildman–Crippen LogP) is 4.05. The number of urea groups is 1. The van der Waals surface area contributed by atoms with E-state index in [1.165, 1.54) is 11.9 Å². The number of benzene rings is 2. The molecule has 2 aromatic carbocycles. The first-order chi connectivity index (χ1) is 8.75. The van der Waals surface area contributed by atoms with Crippen molar-refractivity contribution in [2.75, 3.05) is 9.62 Å². The monoisotopic (exact) mass is 256 g/mol. The number of hydrogen-bond acceptors (Lipinski definition) is 2. The highest BCUT2D eigenvalue weighted by molar-refractivity contribution is 8.01. The number of anilines is 2. The van der Waals surface area contributed by atoms with Gasteiger partial charge in [-0.05, 0) is 42.6 Å². The normalized spacial score (nSPS) is 14.1. The number of nitrogens with zero attached hydrogens (tertiary/aromatic N) is 1. The van der Waals surface area contributed by atoms with E-state index in [1.54, 1.807) is 4.31 Å². The third kappa shape index (κ3) is 1.84. The lowest BCUT2D eigenvalue weighted by Crippen LogP contribution is -2.32. The summed E-state index contributed by atoms with van der Waals surface area (Å²) in [6.45, 7) is 2.00. The number of carbonyl (C=O) groups excluding carboxylic acids is 1. The van der Waals surface area contributed by atoms with E-state index >= 15 is 0 Å². The van der Waals surface area contributed by atoms with Gasteiger partial charge in [-0.15, -0.1) is 0 Å². The minimum absolute atomic E-state index is 0.104. The largest absolute Gasteiger partial charge is 0.336 e. The highest BCUT2D eigenvalue weighted by atomic mass is 32.2. The van der Waals surface area contributed by atoms with Crippen molar-refractivity contribution in [3.05, 3.63) is 54.1 Å². The number of fused-ring (bicyclic) bond motifs is 1. The number of para-hydroxylation sites is 2. The summed E-state index contributed by atoms with van der Waals surface area (Å²) < 4.78 is 1.69. The van der Waals surface area contributed by atoms with E-state index < -0.39 is 0 Å². The number of amides is 2. The molecule has 90 valence electrons. The summed E-state index contributed by atoms with van der Waals surface area (Å²) in [4.78, 5) is 13.2. The van der Waals surface area contributed by atoms with Crippen molar-refractivity contribution in [1.29, 1.82) is 0 Å². The van der Waals surface area contributed by atoms with Gasteiger partial charge in [-0.1, -0.05) is 30.3 Å². The van der Waals surface area contributed by atoms with Crippen LogP contribution in [0.1, 0.15) is 5.56 Å². The summed E-state index contributed by atoms with van der Waals surface area (Å²) in [6.07, 6.45) is 0.